The maximum atomic E-state index is 10.7. The molecule has 0 unspecified atom stereocenters. The van der Waals surface area contributed by atoms with E-state index in [1.165, 1.54) is 7.11 Å². The lowest BCUT2D eigenvalue weighted by Gasteiger charge is -2.20. The van der Waals surface area contributed by atoms with Crippen LogP contribution in [0.1, 0.15) is 20.8 Å². The molecule has 0 heterocycles. The van der Waals surface area contributed by atoms with E-state index in [4.69, 9.17) is 4.84 Å². The molecule has 0 N–H and O–H groups in total. The van der Waals surface area contributed by atoms with Crippen LogP contribution in [0.5, 0.6) is 0 Å². The van der Waals surface area contributed by atoms with Gasteiger partial charge in [-0.25, -0.2) is 4.79 Å². The highest BCUT2D eigenvalue weighted by Crippen LogP contribution is 2.20. The smallest absolute Gasteiger partial charge is 0.346 e. The summed E-state index contributed by atoms with van der Waals surface area (Å²) in [5.74, 6) is -0.422. The van der Waals surface area contributed by atoms with Gasteiger partial charge in [0.2, 0.25) is 6.61 Å². The van der Waals surface area contributed by atoms with Crippen molar-refractivity contribution in [2.75, 3.05) is 18.1 Å². The van der Waals surface area contributed by atoms with Crippen molar-refractivity contribution in [3.05, 3.63) is 0 Å². The van der Waals surface area contributed by atoms with Gasteiger partial charge in [0.15, 0.2) is 0 Å². The van der Waals surface area contributed by atoms with Crippen LogP contribution in [0.3, 0.4) is 0 Å². The molecule has 0 amide bonds. The van der Waals surface area contributed by atoms with Crippen LogP contribution in [0.4, 0.5) is 0 Å². The first-order valence-corrected chi connectivity index (χ1v) is 5.76. The van der Waals surface area contributed by atoms with Crippen LogP contribution in [-0.2, 0) is 14.4 Å². The largest absolute Gasteiger partial charge is 0.466 e. The summed E-state index contributed by atoms with van der Waals surface area (Å²) in [6.07, 6.45) is 0. The van der Waals surface area contributed by atoms with Crippen LogP contribution >= 0.6 is 22.6 Å². The molecule has 0 aliphatic rings. The summed E-state index contributed by atoms with van der Waals surface area (Å²) in [6, 6.07) is 0. The van der Waals surface area contributed by atoms with Crippen molar-refractivity contribution in [3.63, 3.8) is 0 Å². The number of hydrogen-bond acceptors (Lipinski definition) is 4. The first kappa shape index (κ1) is 13.7. The van der Waals surface area contributed by atoms with E-state index in [9.17, 15) is 4.79 Å². The Labute approximate surface area is 98.2 Å². The fraction of sp³-hybridized carbons (Fsp3) is 0.778. The SMILES string of the molecule is COC(=O)CO/N=C(\C)C(C)(C)CI. The molecule has 0 bridgehead atoms. The number of esters is 1. The molecule has 0 aliphatic carbocycles. The molecule has 0 aromatic carbocycles. The molecule has 0 spiro atoms. The van der Waals surface area contributed by atoms with Gasteiger partial charge >= 0.3 is 5.97 Å². The predicted octanol–water partition coefficient (Wildman–Crippen LogP) is 2.01. The van der Waals surface area contributed by atoms with E-state index < -0.39 is 5.97 Å². The van der Waals surface area contributed by atoms with Gasteiger partial charge in [0.1, 0.15) is 0 Å². The minimum absolute atomic E-state index is 0.00329. The number of carbonyl (C=O) groups is 1. The highest BCUT2D eigenvalue weighted by atomic mass is 127. The normalized spacial score (nSPS) is 12.5. The van der Waals surface area contributed by atoms with E-state index in [1.807, 2.05) is 6.92 Å². The number of halogens is 1. The predicted molar refractivity (Wildman–Crippen MR) is 63.7 cm³/mol. The van der Waals surface area contributed by atoms with Crippen molar-refractivity contribution in [1.82, 2.24) is 0 Å². The topological polar surface area (TPSA) is 47.9 Å². The Hall–Kier alpha value is -0.330. The van der Waals surface area contributed by atoms with Crippen molar-refractivity contribution in [2.45, 2.75) is 20.8 Å². The van der Waals surface area contributed by atoms with Crippen molar-refractivity contribution in [2.24, 2.45) is 10.6 Å². The molecule has 0 saturated heterocycles. The molecule has 0 aromatic heterocycles. The number of methoxy groups -OCH3 is 1. The Morgan fingerprint density at radius 1 is 1.50 bits per heavy atom. The molecule has 4 nitrogen and oxygen atoms in total. The average Bonchev–Trinajstić information content (AvgIpc) is 2.17. The zero-order chi connectivity index (χ0) is 11.2. The number of rotatable bonds is 5. The van der Waals surface area contributed by atoms with Gasteiger partial charge in [0, 0.05) is 9.84 Å². The Balaban J connectivity index is 4.06. The molecular weight excluding hydrogens is 297 g/mol. The lowest BCUT2D eigenvalue weighted by atomic mass is 9.91. The minimum atomic E-state index is -0.422. The summed E-state index contributed by atoms with van der Waals surface area (Å²) < 4.78 is 5.36. The Kier molecular flexibility index (Phi) is 6.06. The molecule has 0 saturated carbocycles. The lowest BCUT2D eigenvalue weighted by Crippen LogP contribution is -2.23. The second kappa shape index (κ2) is 6.21. The molecule has 14 heavy (non-hydrogen) atoms. The van der Waals surface area contributed by atoms with Gasteiger partial charge in [-0.3, -0.25) is 0 Å². The first-order valence-electron chi connectivity index (χ1n) is 4.24. The zero-order valence-corrected chi connectivity index (χ0v) is 11.1. The van der Waals surface area contributed by atoms with E-state index in [2.05, 4.69) is 46.3 Å². The molecular formula is C9H16INO3. The van der Waals surface area contributed by atoms with Crippen LogP contribution in [0.2, 0.25) is 0 Å². The van der Waals surface area contributed by atoms with Crippen LogP contribution in [0.15, 0.2) is 5.16 Å². The third-order valence-electron chi connectivity index (χ3n) is 1.93. The van der Waals surface area contributed by atoms with Gasteiger partial charge < -0.3 is 9.57 Å². The number of ether oxygens (including phenoxy) is 1. The second-order valence-corrected chi connectivity index (χ2v) is 4.31. The van der Waals surface area contributed by atoms with Gasteiger partial charge in [-0.05, 0) is 6.92 Å². The summed E-state index contributed by atoms with van der Waals surface area (Å²) in [7, 11) is 1.32. The van der Waals surface area contributed by atoms with E-state index in [0.29, 0.717) is 0 Å². The number of carbonyl (C=O) groups excluding carboxylic acids is 1. The third-order valence-corrected chi connectivity index (χ3v) is 3.83. The van der Waals surface area contributed by atoms with E-state index in [1.54, 1.807) is 0 Å². The molecule has 5 heteroatoms. The summed E-state index contributed by atoms with van der Waals surface area (Å²) in [5, 5.41) is 3.87. The summed E-state index contributed by atoms with van der Waals surface area (Å²) in [6.45, 7) is 5.89. The van der Waals surface area contributed by atoms with Gasteiger partial charge in [-0.1, -0.05) is 41.6 Å². The molecule has 0 radical (unpaired) electrons. The van der Waals surface area contributed by atoms with E-state index in [-0.39, 0.29) is 12.0 Å². The Morgan fingerprint density at radius 3 is 2.50 bits per heavy atom. The fourth-order valence-corrected chi connectivity index (χ4v) is 1.01. The Bertz CT molecular complexity index is 226. The standard InChI is InChI=1S/C9H16INO3/c1-7(9(2,3)6-10)11-14-5-8(12)13-4/h5-6H2,1-4H3/b11-7+. The monoisotopic (exact) mass is 313 g/mol. The number of alkyl halides is 1. The minimum Gasteiger partial charge on any atom is -0.466 e. The quantitative estimate of drug-likeness (QED) is 0.256. The average molecular weight is 313 g/mol. The second-order valence-electron chi connectivity index (χ2n) is 3.54. The summed E-state index contributed by atoms with van der Waals surface area (Å²) in [4.78, 5) is 15.5. The van der Waals surface area contributed by atoms with E-state index >= 15 is 0 Å². The first-order chi connectivity index (χ1) is 6.44. The molecule has 82 valence electrons. The maximum absolute atomic E-state index is 10.7. The highest BCUT2D eigenvalue weighted by molar-refractivity contribution is 14.1. The van der Waals surface area contributed by atoms with Crippen molar-refractivity contribution >= 4 is 34.3 Å². The van der Waals surface area contributed by atoms with Gasteiger partial charge in [-0.15, -0.1) is 0 Å². The van der Waals surface area contributed by atoms with Gasteiger partial charge in [0.25, 0.3) is 0 Å². The zero-order valence-electron chi connectivity index (χ0n) is 8.96. The summed E-state index contributed by atoms with van der Waals surface area (Å²) in [5.41, 5.74) is 0.868. The third kappa shape index (κ3) is 4.78. The van der Waals surface area contributed by atoms with Crippen LogP contribution in [0.25, 0.3) is 0 Å². The van der Waals surface area contributed by atoms with Gasteiger partial charge in [0.05, 0.1) is 12.8 Å². The van der Waals surface area contributed by atoms with E-state index in [0.717, 1.165) is 10.1 Å². The lowest BCUT2D eigenvalue weighted by molar-refractivity contribution is -0.145. The maximum Gasteiger partial charge on any atom is 0.346 e. The number of nitrogens with zero attached hydrogens (tertiary/aromatic N) is 1. The van der Waals surface area contributed by atoms with Crippen molar-refractivity contribution in [1.29, 1.82) is 0 Å². The molecule has 0 aliphatic heterocycles. The summed E-state index contributed by atoms with van der Waals surface area (Å²) >= 11 is 2.29. The molecule has 0 atom stereocenters. The molecule has 0 fully saturated rings. The number of hydrogen-bond donors (Lipinski definition) is 0. The number of oxime groups is 1. The van der Waals surface area contributed by atoms with Crippen LogP contribution in [0, 0.1) is 5.41 Å². The van der Waals surface area contributed by atoms with Gasteiger partial charge in [-0.2, -0.15) is 0 Å². The fourth-order valence-electron chi connectivity index (χ4n) is 0.461. The van der Waals surface area contributed by atoms with Crippen LogP contribution in [-0.4, -0.2) is 29.8 Å². The van der Waals surface area contributed by atoms with Crippen molar-refractivity contribution < 1.29 is 14.4 Å². The highest BCUT2D eigenvalue weighted by Gasteiger charge is 2.20. The van der Waals surface area contributed by atoms with Crippen molar-refractivity contribution in [3.8, 4) is 0 Å². The van der Waals surface area contributed by atoms with Crippen LogP contribution < -0.4 is 0 Å². The Morgan fingerprint density at radius 2 is 2.07 bits per heavy atom. The molecule has 0 aromatic rings. The molecule has 0 rings (SSSR count).